The number of guanidine groups is 1. The third-order valence-corrected chi connectivity index (χ3v) is 6.37. The first-order valence-electron chi connectivity index (χ1n) is 9.41. The number of hydrogen-bond donors (Lipinski definition) is 2. The summed E-state index contributed by atoms with van der Waals surface area (Å²) in [6, 6.07) is 4.38. The monoisotopic (exact) mass is 391 g/mol. The predicted octanol–water partition coefficient (Wildman–Crippen LogP) is 3.48. The average Bonchev–Trinajstić information content (AvgIpc) is 3.30. The summed E-state index contributed by atoms with van der Waals surface area (Å²) in [4.78, 5) is 14.4. The average molecular weight is 392 g/mol. The van der Waals surface area contributed by atoms with Crippen LogP contribution in [0.25, 0.3) is 0 Å². The molecule has 7 heteroatoms. The van der Waals surface area contributed by atoms with Crippen LogP contribution in [0.1, 0.15) is 34.5 Å². The Morgan fingerprint density at radius 1 is 1.35 bits per heavy atom. The SMILES string of the molecule is CCNC(=NCc1ncc(C)s1)NCC1CCN(Cc2cccs2)CC1. The first-order chi connectivity index (χ1) is 12.7. The van der Waals surface area contributed by atoms with Crippen LogP contribution in [0.4, 0.5) is 0 Å². The van der Waals surface area contributed by atoms with Gasteiger partial charge in [-0.25, -0.2) is 9.98 Å². The van der Waals surface area contributed by atoms with Crippen LogP contribution in [-0.2, 0) is 13.1 Å². The minimum Gasteiger partial charge on any atom is -0.357 e. The van der Waals surface area contributed by atoms with Gasteiger partial charge in [-0.3, -0.25) is 4.90 Å². The van der Waals surface area contributed by atoms with Crippen molar-refractivity contribution >= 4 is 28.6 Å². The fourth-order valence-electron chi connectivity index (χ4n) is 3.18. The molecule has 0 bridgehead atoms. The lowest BCUT2D eigenvalue weighted by Crippen LogP contribution is -2.42. The topological polar surface area (TPSA) is 52.6 Å². The third kappa shape index (κ3) is 6.07. The molecule has 0 radical (unpaired) electrons. The minimum atomic E-state index is 0.646. The molecule has 3 heterocycles. The second-order valence-electron chi connectivity index (χ2n) is 6.74. The molecule has 2 aromatic rings. The van der Waals surface area contributed by atoms with Crippen LogP contribution < -0.4 is 10.6 Å². The normalized spacial score (nSPS) is 16.8. The predicted molar refractivity (Wildman–Crippen MR) is 112 cm³/mol. The molecule has 0 unspecified atom stereocenters. The summed E-state index contributed by atoms with van der Waals surface area (Å²) >= 11 is 3.58. The number of rotatable bonds is 7. The van der Waals surface area contributed by atoms with Gasteiger partial charge in [0.15, 0.2) is 5.96 Å². The summed E-state index contributed by atoms with van der Waals surface area (Å²) in [6.45, 7) is 10.2. The van der Waals surface area contributed by atoms with E-state index in [0.29, 0.717) is 6.54 Å². The second kappa shape index (κ2) is 10.0. The Kier molecular flexibility index (Phi) is 7.46. The van der Waals surface area contributed by atoms with Crippen LogP contribution in [0.3, 0.4) is 0 Å². The van der Waals surface area contributed by atoms with E-state index in [1.54, 1.807) is 11.3 Å². The molecule has 2 N–H and O–H groups in total. The molecule has 0 atom stereocenters. The maximum absolute atomic E-state index is 4.68. The maximum atomic E-state index is 4.68. The number of nitrogens with zero attached hydrogens (tertiary/aromatic N) is 3. The molecule has 1 aliphatic heterocycles. The Morgan fingerprint density at radius 2 is 2.19 bits per heavy atom. The summed E-state index contributed by atoms with van der Waals surface area (Å²) in [5, 5.41) is 10.1. The summed E-state index contributed by atoms with van der Waals surface area (Å²) in [7, 11) is 0. The van der Waals surface area contributed by atoms with E-state index in [0.717, 1.165) is 36.5 Å². The molecule has 0 spiro atoms. The largest absolute Gasteiger partial charge is 0.357 e. The Balaban J connectivity index is 1.41. The summed E-state index contributed by atoms with van der Waals surface area (Å²) in [5.74, 6) is 1.63. The van der Waals surface area contributed by atoms with Crippen molar-refractivity contribution in [2.24, 2.45) is 10.9 Å². The van der Waals surface area contributed by atoms with Gasteiger partial charge in [0.2, 0.25) is 0 Å². The fourth-order valence-corrected chi connectivity index (χ4v) is 4.63. The van der Waals surface area contributed by atoms with E-state index in [1.165, 1.54) is 35.7 Å². The molecule has 1 fully saturated rings. The summed E-state index contributed by atoms with van der Waals surface area (Å²) < 4.78 is 0. The van der Waals surface area contributed by atoms with Crippen LogP contribution in [0, 0.1) is 12.8 Å². The van der Waals surface area contributed by atoms with Crippen molar-refractivity contribution < 1.29 is 0 Å². The van der Waals surface area contributed by atoms with Gasteiger partial charge in [-0.05, 0) is 57.1 Å². The number of likely N-dealkylation sites (tertiary alicyclic amines) is 1. The van der Waals surface area contributed by atoms with E-state index in [9.17, 15) is 0 Å². The molecule has 1 aliphatic rings. The van der Waals surface area contributed by atoms with Crippen LogP contribution >= 0.6 is 22.7 Å². The molecule has 0 aromatic carbocycles. The number of thiophene rings is 1. The first-order valence-corrected chi connectivity index (χ1v) is 11.1. The molecular weight excluding hydrogens is 362 g/mol. The smallest absolute Gasteiger partial charge is 0.191 e. The van der Waals surface area contributed by atoms with E-state index >= 15 is 0 Å². The van der Waals surface area contributed by atoms with E-state index in [1.807, 2.05) is 17.5 Å². The van der Waals surface area contributed by atoms with Crippen molar-refractivity contribution in [3.05, 3.63) is 38.5 Å². The van der Waals surface area contributed by atoms with Gasteiger partial charge in [-0.2, -0.15) is 0 Å². The Bertz CT molecular complexity index is 672. The van der Waals surface area contributed by atoms with E-state index in [2.05, 4.69) is 56.9 Å². The maximum Gasteiger partial charge on any atom is 0.191 e. The van der Waals surface area contributed by atoms with Crippen molar-refractivity contribution in [2.45, 2.75) is 39.8 Å². The molecule has 0 saturated carbocycles. The summed E-state index contributed by atoms with van der Waals surface area (Å²) in [5.41, 5.74) is 0. The van der Waals surface area contributed by atoms with E-state index < -0.39 is 0 Å². The summed E-state index contributed by atoms with van der Waals surface area (Å²) in [6.07, 6.45) is 4.42. The molecule has 26 heavy (non-hydrogen) atoms. The van der Waals surface area contributed by atoms with Crippen molar-refractivity contribution in [1.29, 1.82) is 0 Å². The zero-order chi connectivity index (χ0) is 18.2. The number of aryl methyl sites for hydroxylation is 1. The molecule has 142 valence electrons. The molecule has 0 amide bonds. The van der Waals surface area contributed by atoms with Gasteiger partial charge in [-0.1, -0.05) is 6.07 Å². The number of thiazole rings is 1. The molecule has 3 rings (SSSR count). The minimum absolute atomic E-state index is 0.646. The lowest BCUT2D eigenvalue weighted by molar-refractivity contribution is 0.179. The van der Waals surface area contributed by atoms with Gasteiger partial charge in [0.05, 0.1) is 6.54 Å². The molecule has 2 aromatic heterocycles. The van der Waals surface area contributed by atoms with Gasteiger partial charge in [0.25, 0.3) is 0 Å². The number of aromatic nitrogens is 1. The third-order valence-electron chi connectivity index (χ3n) is 4.61. The van der Waals surface area contributed by atoms with Gasteiger partial charge in [-0.15, -0.1) is 22.7 Å². The standard InChI is InChI=1S/C19H29N5S2/c1-3-20-19(23-13-18-21-11-15(2)26-18)22-12-16-6-8-24(9-7-16)14-17-5-4-10-25-17/h4-5,10-11,16H,3,6-9,12-14H2,1-2H3,(H2,20,22,23). The highest BCUT2D eigenvalue weighted by atomic mass is 32.1. The Hall–Kier alpha value is -1.44. The number of aliphatic imine (C=N–C) groups is 1. The van der Waals surface area contributed by atoms with Gasteiger partial charge in [0.1, 0.15) is 5.01 Å². The van der Waals surface area contributed by atoms with Crippen LogP contribution in [0.2, 0.25) is 0 Å². The van der Waals surface area contributed by atoms with Crippen LogP contribution in [0.5, 0.6) is 0 Å². The van der Waals surface area contributed by atoms with Crippen molar-refractivity contribution in [2.75, 3.05) is 26.2 Å². The van der Waals surface area contributed by atoms with Gasteiger partial charge >= 0.3 is 0 Å². The fraction of sp³-hybridized carbons (Fsp3) is 0.579. The second-order valence-corrected chi connectivity index (χ2v) is 9.09. The Morgan fingerprint density at radius 3 is 2.85 bits per heavy atom. The van der Waals surface area contributed by atoms with Crippen molar-refractivity contribution in [3.8, 4) is 0 Å². The highest BCUT2D eigenvalue weighted by molar-refractivity contribution is 7.11. The quantitative estimate of drug-likeness (QED) is 0.560. The van der Waals surface area contributed by atoms with Crippen LogP contribution in [0.15, 0.2) is 28.7 Å². The zero-order valence-electron chi connectivity index (χ0n) is 15.7. The molecule has 5 nitrogen and oxygen atoms in total. The van der Waals surface area contributed by atoms with Crippen LogP contribution in [-0.4, -0.2) is 42.0 Å². The lowest BCUT2D eigenvalue weighted by Gasteiger charge is -2.32. The highest BCUT2D eigenvalue weighted by Crippen LogP contribution is 2.20. The number of piperidine rings is 1. The Labute approximate surface area is 164 Å². The van der Waals surface area contributed by atoms with Crippen molar-refractivity contribution in [1.82, 2.24) is 20.5 Å². The van der Waals surface area contributed by atoms with E-state index in [4.69, 9.17) is 0 Å². The molecule has 1 saturated heterocycles. The number of hydrogen-bond acceptors (Lipinski definition) is 5. The lowest BCUT2D eigenvalue weighted by atomic mass is 9.97. The number of nitrogens with one attached hydrogen (secondary N) is 2. The van der Waals surface area contributed by atoms with Crippen molar-refractivity contribution in [3.63, 3.8) is 0 Å². The molecular formula is C19H29N5S2. The zero-order valence-corrected chi connectivity index (χ0v) is 17.3. The first kappa shape index (κ1) is 19.3. The van der Waals surface area contributed by atoms with E-state index in [-0.39, 0.29) is 0 Å². The molecule has 0 aliphatic carbocycles. The van der Waals surface area contributed by atoms with Gasteiger partial charge < -0.3 is 10.6 Å². The van der Waals surface area contributed by atoms with Gasteiger partial charge in [0, 0.05) is 35.6 Å². The highest BCUT2D eigenvalue weighted by Gasteiger charge is 2.19.